The van der Waals surface area contributed by atoms with Crippen molar-refractivity contribution in [2.45, 2.75) is 19.9 Å². The molecule has 7 heteroatoms. The molecule has 7 nitrogen and oxygen atoms in total. The average Bonchev–Trinajstić information content (AvgIpc) is 2.98. The quantitative estimate of drug-likeness (QED) is 0.745. The van der Waals surface area contributed by atoms with Crippen molar-refractivity contribution < 1.29 is 9.59 Å². The Labute approximate surface area is 169 Å². The molecular weight excluding hydrogens is 366 g/mol. The van der Waals surface area contributed by atoms with E-state index in [0.717, 1.165) is 22.6 Å². The normalized spacial score (nSPS) is 13.5. The number of nitrogens with zero attached hydrogens (tertiary/aromatic N) is 4. The molecular formula is C22H23N5O2. The highest BCUT2D eigenvalue weighted by molar-refractivity contribution is 5.95. The van der Waals surface area contributed by atoms with E-state index in [4.69, 9.17) is 0 Å². The molecule has 0 saturated heterocycles. The van der Waals surface area contributed by atoms with Crippen molar-refractivity contribution in [3.8, 4) is 11.4 Å². The number of aryl methyl sites for hydroxylation is 1. The minimum absolute atomic E-state index is 0.0392. The van der Waals surface area contributed by atoms with Crippen LogP contribution in [0.4, 0.5) is 0 Å². The first-order valence-corrected chi connectivity index (χ1v) is 9.66. The van der Waals surface area contributed by atoms with Crippen LogP contribution in [0.3, 0.4) is 0 Å². The molecule has 148 valence electrons. The van der Waals surface area contributed by atoms with Crippen LogP contribution in [0.25, 0.3) is 11.4 Å². The summed E-state index contributed by atoms with van der Waals surface area (Å²) in [6.45, 7) is 3.57. The number of carbonyl (C=O) groups is 2. The summed E-state index contributed by atoms with van der Waals surface area (Å²) in [4.78, 5) is 36.0. The highest BCUT2D eigenvalue weighted by atomic mass is 16.2. The minimum atomic E-state index is -0.210. The van der Waals surface area contributed by atoms with Crippen LogP contribution in [0.1, 0.15) is 32.1 Å². The number of amides is 2. The first-order chi connectivity index (χ1) is 14.1. The van der Waals surface area contributed by atoms with Crippen LogP contribution < -0.4 is 5.32 Å². The van der Waals surface area contributed by atoms with Crippen molar-refractivity contribution in [2.75, 3.05) is 20.1 Å². The van der Waals surface area contributed by atoms with Gasteiger partial charge in [-0.3, -0.25) is 14.6 Å². The molecule has 1 N–H and O–H groups in total. The van der Waals surface area contributed by atoms with E-state index >= 15 is 0 Å². The Bertz CT molecular complexity index is 1060. The van der Waals surface area contributed by atoms with Crippen LogP contribution in [-0.4, -0.2) is 51.4 Å². The van der Waals surface area contributed by atoms with Gasteiger partial charge in [0, 0.05) is 51.1 Å². The summed E-state index contributed by atoms with van der Waals surface area (Å²) in [5, 5.41) is 2.68. The zero-order valence-electron chi connectivity index (χ0n) is 16.6. The fourth-order valence-corrected chi connectivity index (χ4v) is 3.72. The Morgan fingerprint density at radius 2 is 1.86 bits per heavy atom. The number of nitrogens with one attached hydrogen (secondary N) is 1. The molecule has 3 heterocycles. The molecule has 0 spiro atoms. The van der Waals surface area contributed by atoms with Crippen LogP contribution in [0.2, 0.25) is 0 Å². The van der Waals surface area contributed by atoms with Crippen molar-refractivity contribution in [1.29, 1.82) is 0 Å². The van der Waals surface area contributed by atoms with Gasteiger partial charge in [0.2, 0.25) is 0 Å². The zero-order chi connectivity index (χ0) is 20.4. The number of rotatable bonds is 3. The van der Waals surface area contributed by atoms with Crippen molar-refractivity contribution in [3.63, 3.8) is 0 Å². The van der Waals surface area contributed by atoms with E-state index in [9.17, 15) is 9.59 Å². The molecule has 1 aliphatic rings. The largest absolute Gasteiger partial charge is 0.354 e. The molecule has 0 atom stereocenters. The fraction of sp³-hybridized carbons (Fsp3) is 0.273. The van der Waals surface area contributed by atoms with Gasteiger partial charge in [0.1, 0.15) is 11.5 Å². The number of pyridine rings is 1. The van der Waals surface area contributed by atoms with Gasteiger partial charge in [-0.2, -0.15) is 0 Å². The summed E-state index contributed by atoms with van der Waals surface area (Å²) >= 11 is 0. The summed E-state index contributed by atoms with van der Waals surface area (Å²) in [5.41, 5.74) is 3.78. The Morgan fingerprint density at radius 1 is 1.07 bits per heavy atom. The molecule has 0 bridgehead atoms. The number of benzene rings is 1. The van der Waals surface area contributed by atoms with Gasteiger partial charge in [0.25, 0.3) is 11.8 Å². The lowest BCUT2D eigenvalue weighted by molar-refractivity contribution is 0.0758. The molecule has 1 aliphatic heterocycles. The van der Waals surface area contributed by atoms with E-state index < -0.39 is 0 Å². The third kappa shape index (κ3) is 3.63. The molecule has 4 rings (SSSR count). The van der Waals surface area contributed by atoms with Gasteiger partial charge in [-0.05, 0) is 18.6 Å². The molecule has 29 heavy (non-hydrogen) atoms. The predicted octanol–water partition coefficient (Wildman–Crippen LogP) is 2.31. The summed E-state index contributed by atoms with van der Waals surface area (Å²) in [6, 6.07) is 11.7. The lowest BCUT2D eigenvalue weighted by Crippen LogP contribution is -2.34. The SMILES string of the molecule is CNC(=O)c1nc(-c2ccccc2)n2c1CCN(C(=O)c1cncc(C)c1)CC2. The molecule has 3 aromatic rings. The van der Waals surface area contributed by atoms with E-state index in [2.05, 4.69) is 19.9 Å². The van der Waals surface area contributed by atoms with Crippen LogP contribution >= 0.6 is 0 Å². The first-order valence-electron chi connectivity index (χ1n) is 9.66. The second-order valence-corrected chi connectivity index (χ2v) is 7.12. The number of hydrogen-bond acceptors (Lipinski definition) is 4. The van der Waals surface area contributed by atoms with Crippen LogP contribution in [0.15, 0.2) is 48.8 Å². The highest BCUT2D eigenvalue weighted by Crippen LogP contribution is 2.25. The monoisotopic (exact) mass is 389 g/mol. The van der Waals surface area contributed by atoms with Crippen LogP contribution in [-0.2, 0) is 13.0 Å². The maximum atomic E-state index is 13.0. The van der Waals surface area contributed by atoms with Crippen molar-refractivity contribution >= 4 is 11.8 Å². The number of hydrogen-bond donors (Lipinski definition) is 1. The Kier molecular flexibility index (Phi) is 5.12. The smallest absolute Gasteiger partial charge is 0.271 e. The van der Waals surface area contributed by atoms with Gasteiger partial charge in [0.05, 0.1) is 11.3 Å². The van der Waals surface area contributed by atoms with E-state index in [1.165, 1.54) is 0 Å². The van der Waals surface area contributed by atoms with E-state index in [-0.39, 0.29) is 11.8 Å². The fourth-order valence-electron chi connectivity index (χ4n) is 3.72. The number of carbonyl (C=O) groups excluding carboxylic acids is 2. The molecule has 2 aromatic heterocycles. The number of fused-ring (bicyclic) bond motifs is 1. The zero-order valence-corrected chi connectivity index (χ0v) is 16.6. The Balaban J connectivity index is 1.68. The Morgan fingerprint density at radius 3 is 2.59 bits per heavy atom. The molecule has 2 amide bonds. The van der Waals surface area contributed by atoms with Crippen molar-refractivity contribution in [1.82, 2.24) is 24.8 Å². The minimum Gasteiger partial charge on any atom is -0.354 e. The highest BCUT2D eigenvalue weighted by Gasteiger charge is 2.27. The molecule has 0 unspecified atom stereocenters. The topological polar surface area (TPSA) is 80.1 Å². The number of aromatic nitrogens is 3. The van der Waals surface area contributed by atoms with Crippen molar-refractivity contribution in [3.05, 3.63) is 71.3 Å². The third-order valence-corrected chi connectivity index (χ3v) is 5.17. The van der Waals surface area contributed by atoms with Crippen molar-refractivity contribution in [2.24, 2.45) is 0 Å². The maximum absolute atomic E-state index is 13.0. The first kappa shape index (κ1) is 18.9. The van der Waals surface area contributed by atoms with Gasteiger partial charge in [-0.25, -0.2) is 4.98 Å². The second-order valence-electron chi connectivity index (χ2n) is 7.12. The molecule has 0 radical (unpaired) electrons. The number of imidazole rings is 1. The molecule has 0 aliphatic carbocycles. The third-order valence-electron chi connectivity index (χ3n) is 5.17. The van der Waals surface area contributed by atoms with E-state index in [1.807, 2.05) is 48.2 Å². The standard InChI is InChI=1S/C22H23N5O2/c1-15-12-17(14-24-13-15)22(29)26-9-8-18-19(21(28)23-2)25-20(27(18)11-10-26)16-6-4-3-5-7-16/h3-7,12-14H,8-11H2,1-2H3,(H,23,28). The van der Waals surface area contributed by atoms with Gasteiger partial charge in [-0.1, -0.05) is 30.3 Å². The maximum Gasteiger partial charge on any atom is 0.271 e. The summed E-state index contributed by atoms with van der Waals surface area (Å²) < 4.78 is 2.07. The molecule has 1 aromatic carbocycles. The summed E-state index contributed by atoms with van der Waals surface area (Å²) in [6.07, 6.45) is 3.90. The van der Waals surface area contributed by atoms with E-state index in [0.29, 0.717) is 37.3 Å². The van der Waals surface area contributed by atoms with Crippen LogP contribution in [0.5, 0.6) is 0 Å². The van der Waals surface area contributed by atoms with Gasteiger partial charge in [-0.15, -0.1) is 0 Å². The lowest BCUT2D eigenvalue weighted by atomic mass is 10.2. The second kappa shape index (κ2) is 7.87. The summed E-state index contributed by atoms with van der Waals surface area (Å²) in [7, 11) is 1.60. The Hall–Kier alpha value is -3.48. The van der Waals surface area contributed by atoms with E-state index in [1.54, 1.807) is 19.4 Å². The predicted molar refractivity (Wildman–Crippen MR) is 110 cm³/mol. The molecule has 0 saturated carbocycles. The summed E-state index contributed by atoms with van der Waals surface area (Å²) in [5.74, 6) is 0.506. The van der Waals surface area contributed by atoms with Gasteiger partial charge >= 0.3 is 0 Å². The van der Waals surface area contributed by atoms with Gasteiger partial charge < -0.3 is 14.8 Å². The average molecular weight is 389 g/mol. The van der Waals surface area contributed by atoms with Gasteiger partial charge in [0.15, 0.2) is 0 Å². The lowest BCUT2D eigenvalue weighted by Gasteiger charge is -2.20. The molecule has 0 fully saturated rings. The van der Waals surface area contributed by atoms with Crippen LogP contribution in [0, 0.1) is 6.92 Å².